The summed E-state index contributed by atoms with van der Waals surface area (Å²) in [5.74, 6) is -1.30. The van der Waals surface area contributed by atoms with E-state index in [-0.39, 0.29) is 6.54 Å². The number of hydrogen-bond donors (Lipinski definition) is 3. The lowest BCUT2D eigenvalue weighted by atomic mass is 10.1. The molecule has 0 aliphatic heterocycles. The third kappa shape index (κ3) is 4.95. The minimum Gasteiger partial charge on any atom is -0.479 e. The summed E-state index contributed by atoms with van der Waals surface area (Å²) in [6.45, 7) is -0.383. The maximum atomic E-state index is 12.7. The van der Waals surface area contributed by atoms with Crippen LogP contribution in [0.25, 0.3) is 0 Å². The number of ether oxygens (including phenoxy) is 1. The van der Waals surface area contributed by atoms with Crippen molar-refractivity contribution in [3.8, 4) is 0 Å². The van der Waals surface area contributed by atoms with Crippen LogP contribution in [0.5, 0.6) is 0 Å². The van der Waals surface area contributed by atoms with E-state index >= 15 is 0 Å². The molecule has 1 aromatic carbocycles. The number of rotatable bonds is 5. The summed E-state index contributed by atoms with van der Waals surface area (Å²) in [7, 11) is 1.14. The topological polar surface area (TPSA) is 87.7 Å². The summed E-state index contributed by atoms with van der Waals surface area (Å²) in [4.78, 5) is 22.1. The number of para-hydroxylation sites is 1. The molecule has 0 aliphatic carbocycles. The molecule has 2 amide bonds. The Labute approximate surface area is 117 Å². The van der Waals surface area contributed by atoms with Crippen molar-refractivity contribution in [2.75, 3.05) is 19.0 Å². The fourth-order valence-corrected chi connectivity index (χ4v) is 1.46. The monoisotopic (exact) mass is 306 g/mol. The largest absolute Gasteiger partial charge is 0.479 e. The second kappa shape index (κ2) is 6.93. The van der Waals surface area contributed by atoms with Gasteiger partial charge in [-0.05, 0) is 12.1 Å². The fraction of sp³-hybridized carbons (Fsp3) is 0.333. The first-order valence-corrected chi connectivity index (χ1v) is 5.72. The highest BCUT2D eigenvalue weighted by atomic mass is 19.4. The Kier molecular flexibility index (Phi) is 5.53. The summed E-state index contributed by atoms with van der Waals surface area (Å²) in [5.41, 5.74) is -1.42. The van der Waals surface area contributed by atoms with Gasteiger partial charge in [-0.15, -0.1) is 0 Å². The van der Waals surface area contributed by atoms with Crippen LogP contribution in [0.2, 0.25) is 0 Å². The Balaban J connectivity index is 2.70. The smallest absolute Gasteiger partial charge is 0.418 e. The standard InChI is InChI=1S/C12H13F3N2O4/c1-21-9(10(18)19)6-16-11(20)17-8-5-3-2-4-7(8)12(13,14)15/h2-5,9H,6H2,1H3,(H,18,19)(H2,16,17,20). The van der Waals surface area contributed by atoms with Crippen molar-refractivity contribution >= 4 is 17.7 Å². The number of aliphatic carboxylic acids is 1. The third-order valence-electron chi connectivity index (χ3n) is 2.49. The normalized spacial score (nSPS) is 12.6. The molecule has 9 heteroatoms. The van der Waals surface area contributed by atoms with Crippen LogP contribution in [-0.2, 0) is 15.7 Å². The molecule has 0 spiro atoms. The molecule has 3 N–H and O–H groups in total. The SMILES string of the molecule is COC(CNC(=O)Nc1ccccc1C(F)(F)F)C(=O)O. The number of carbonyl (C=O) groups excluding carboxylic acids is 1. The van der Waals surface area contributed by atoms with Gasteiger partial charge in [0.05, 0.1) is 17.8 Å². The highest BCUT2D eigenvalue weighted by Crippen LogP contribution is 2.34. The van der Waals surface area contributed by atoms with Gasteiger partial charge in [-0.25, -0.2) is 9.59 Å². The van der Waals surface area contributed by atoms with Crippen molar-refractivity contribution in [1.29, 1.82) is 0 Å². The van der Waals surface area contributed by atoms with Gasteiger partial charge in [0, 0.05) is 7.11 Å². The van der Waals surface area contributed by atoms with E-state index in [9.17, 15) is 22.8 Å². The molecular weight excluding hydrogens is 293 g/mol. The molecule has 0 fully saturated rings. The number of amides is 2. The van der Waals surface area contributed by atoms with Crippen molar-refractivity contribution in [2.24, 2.45) is 0 Å². The molecule has 6 nitrogen and oxygen atoms in total. The highest BCUT2D eigenvalue weighted by molar-refractivity contribution is 5.90. The molecule has 1 unspecified atom stereocenters. The van der Waals surface area contributed by atoms with Crippen molar-refractivity contribution in [2.45, 2.75) is 12.3 Å². The number of benzene rings is 1. The summed E-state index contributed by atoms with van der Waals surface area (Å²) < 4.78 is 42.7. The lowest BCUT2D eigenvalue weighted by Gasteiger charge is -2.15. The van der Waals surface area contributed by atoms with Crippen molar-refractivity contribution < 1.29 is 32.6 Å². The first-order valence-electron chi connectivity index (χ1n) is 5.72. The number of methoxy groups -OCH3 is 1. The molecule has 1 atom stereocenters. The van der Waals surface area contributed by atoms with Crippen LogP contribution >= 0.6 is 0 Å². The van der Waals surface area contributed by atoms with Gasteiger partial charge in [0.2, 0.25) is 0 Å². The van der Waals surface area contributed by atoms with E-state index in [4.69, 9.17) is 5.11 Å². The number of halogens is 3. The summed E-state index contributed by atoms with van der Waals surface area (Å²) in [6.07, 6.45) is -5.89. The van der Waals surface area contributed by atoms with Gasteiger partial charge in [0.25, 0.3) is 0 Å². The Morgan fingerprint density at radius 3 is 2.48 bits per heavy atom. The van der Waals surface area contributed by atoms with Gasteiger partial charge < -0.3 is 20.5 Å². The van der Waals surface area contributed by atoms with E-state index in [0.29, 0.717) is 0 Å². The van der Waals surface area contributed by atoms with Gasteiger partial charge in [-0.2, -0.15) is 13.2 Å². The van der Waals surface area contributed by atoms with Gasteiger partial charge in [-0.1, -0.05) is 12.1 Å². The minimum absolute atomic E-state index is 0.383. The van der Waals surface area contributed by atoms with Crippen LogP contribution in [0.4, 0.5) is 23.7 Å². The molecular formula is C12H13F3N2O4. The molecule has 0 bridgehead atoms. The minimum atomic E-state index is -4.61. The average Bonchev–Trinajstić information content (AvgIpc) is 2.38. The van der Waals surface area contributed by atoms with E-state index < -0.39 is 35.5 Å². The second-order valence-electron chi connectivity index (χ2n) is 3.94. The zero-order chi connectivity index (χ0) is 16.0. The predicted molar refractivity (Wildman–Crippen MR) is 66.9 cm³/mol. The maximum absolute atomic E-state index is 12.7. The molecule has 0 aromatic heterocycles. The van der Waals surface area contributed by atoms with E-state index in [1.807, 2.05) is 5.32 Å². The van der Waals surface area contributed by atoms with Crippen LogP contribution in [-0.4, -0.2) is 36.9 Å². The number of hydrogen-bond acceptors (Lipinski definition) is 3. The van der Waals surface area contributed by atoms with E-state index in [0.717, 1.165) is 19.2 Å². The van der Waals surface area contributed by atoms with Crippen LogP contribution in [0.3, 0.4) is 0 Å². The molecule has 0 saturated carbocycles. The zero-order valence-corrected chi connectivity index (χ0v) is 10.9. The zero-order valence-electron chi connectivity index (χ0n) is 10.9. The molecule has 0 saturated heterocycles. The quantitative estimate of drug-likeness (QED) is 0.775. The predicted octanol–water partition coefficient (Wildman–Crippen LogP) is 1.93. The molecule has 1 rings (SSSR count). The lowest BCUT2D eigenvalue weighted by Crippen LogP contribution is -2.40. The highest BCUT2D eigenvalue weighted by Gasteiger charge is 2.33. The lowest BCUT2D eigenvalue weighted by molar-refractivity contribution is -0.148. The molecule has 0 aliphatic rings. The second-order valence-corrected chi connectivity index (χ2v) is 3.94. The molecule has 116 valence electrons. The number of carbonyl (C=O) groups is 2. The van der Waals surface area contributed by atoms with Crippen LogP contribution in [0, 0.1) is 0 Å². The number of alkyl halides is 3. The molecule has 0 radical (unpaired) electrons. The maximum Gasteiger partial charge on any atom is 0.418 e. The van der Waals surface area contributed by atoms with Crippen LogP contribution in [0.15, 0.2) is 24.3 Å². The van der Waals surface area contributed by atoms with E-state index in [1.165, 1.54) is 12.1 Å². The first-order chi connectivity index (χ1) is 9.75. The molecule has 1 aromatic rings. The van der Waals surface area contributed by atoms with Crippen LogP contribution in [0.1, 0.15) is 5.56 Å². The van der Waals surface area contributed by atoms with Gasteiger partial charge in [0.1, 0.15) is 0 Å². The first kappa shape index (κ1) is 16.8. The Morgan fingerprint density at radius 2 is 1.95 bits per heavy atom. The van der Waals surface area contributed by atoms with Crippen molar-refractivity contribution in [1.82, 2.24) is 5.32 Å². The number of carboxylic acids is 1. The summed E-state index contributed by atoms with van der Waals surface area (Å²) in [5, 5.41) is 12.8. The van der Waals surface area contributed by atoms with Gasteiger partial charge in [0.15, 0.2) is 6.10 Å². The Morgan fingerprint density at radius 1 is 1.33 bits per heavy atom. The fourth-order valence-electron chi connectivity index (χ4n) is 1.46. The van der Waals surface area contributed by atoms with E-state index in [2.05, 4.69) is 10.1 Å². The Hall–Kier alpha value is -2.29. The number of anilines is 1. The number of nitrogens with one attached hydrogen (secondary N) is 2. The van der Waals surface area contributed by atoms with Crippen molar-refractivity contribution in [3.63, 3.8) is 0 Å². The Bertz CT molecular complexity index is 519. The average molecular weight is 306 g/mol. The molecule has 21 heavy (non-hydrogen) atoms. The third-order valence-corrected chi connectivity index (χ3v) is 2.49. The van der Waals surface area contributed by atoms with E-state index in [1.54, 1.807) is 0 Å². The van der Waals surface area contributed by atoms with Gasteiger partial charge in [-0.3, -0.25) is 0 Å². The van der Waals surface area contributed by atoms with Gasteiger partial charge >= 0.3 is 18.2 Å². The number of carboxylic acid groups (broad SMARTS) is 1. The number of urea groups is 1. The summed E-state index contributed by atoms with van der Waals surface area (Å²) >= 11 is 0. The molecule has 0 heterocycles. The van der Waals surface area contributed by atoms with Crippen LogP contribution < -0.4 is 10.6 Å². The van der Waals surface area contributed by atoms with Crippen molar-refractivity contribution in [3.05, 3.63) is 29.8 Å². The summed E-state index contributed by atoms with van der Waals surface area (Å²) in [6, 6.07) is 3.48.